The molecule has 0 aliphatic heterocycles. The summed E-state index contributed by atoms with van der Waals surface area (Å²) < 4.78 is 23.3. The first kappa shape index (κ1) is 14.4. The van der Waals surface area contributed by atoms with Gasteiger partial charge in [-0.15, -0.1) is 0 Å². The minimum Gasteiger partial charge on any atom is -0.493 e. The normalized spacial score (nSPS) is 10.2. The summed E-state index contributed by atoms with van der Waals surface area (Å²) >= 11 is 0. The first-order valence-electron chi connectivity index (χ1n) is 5.78. The molecule has 0 amide bonds. The number of carbonyl (C=O) groups is 1. The maximum Gasteiger partial charge on any atom is 0.341 e. The molecule has 0 saturated heterocycles. The van der Waals surface area contributed by atoms with Crippen molar-refractivity contribution in [1.29, 1.82) is 0 Å². The summed E-state index contributed by atoms with van der Waals surface area (Å²) in [5, 5.41) is 0. The highest BCUT2D eigenvalue weighted by Crippen LogP contribution is 2.25. The number of nitrogens with two attached hydrogens (primary N) is 1. The smallest absolute Gasteiger partial charge is 0.341 e. The molecular formula is C13H18FNO3. The van der Waals surface area contributed by atoms with Gasteiger partial charge in [0.1, 0.15) is 5.56 Å². The third-order valence-corrected chi connectivity index (χ3v) is 2.63. The Morgan fingerprint density at radius 1 is 1.33 bits per heavy atom. The van der Waals surface area contributed by atoms with E-state index in [1.165, 1.54) is 20.3 Å². The van der Waals surface area contributed by atoms with Crippen LogP contribution < -0.4 is 10.5 Å². The molecular weight excluding hydrogens is 237 g/mol. The fraction of sp³-hybridized carbons (Fsp3) is 0.462. The number of methoxy groups -OCH3 is 2. The number of esters is 1. The molecule has 1 rings (SSSR count). The number of hydrogen-bond donors (Lipinski definition) is 1. The topological polar surface area (TPSA) is 61.5 Å². The molecule has 1 aromatic carbocycles. The molecule has 2 N–H and O–H groups in total. The summed E-state index contributed by atoms with van der Waals surface area (Å²) in [5.41, 5.74) is 6.25. The van der Waals surface area contributed by atoms with Crippen molar-refractivity contribution in [3.8, 4) is 5.75 Å². The molecule has 100 valence electrons. The molecule has 0 bridgehead atoms. The maximum absolute atomic E-state index is 13.8. The van der Waals surface area contributed by atoms with E-state index in [0.29, 0.717) is 13.0 Å². The predicted molar refractivity (Wildman–Crippen MR) is 66.3 cm³/mol. The molecule has 0 heterocycles. The minimum absolute atomic E-state index is 0.0792. The molecule has 0 radical (unpaired) electrons. The van der Waals surface area contributed by atoms with Crippen LogP contribution in [-0.2, 0) is 11.2 Å². The van der Waals surface area contributed by atoms with Crippen LogP contribution in [0.2, 0.25) is 0 Å². The Bertz CT molecular complexity index is 421. The van der Waals surface area contributed by atoms with Crippen molar-refractivity contribution in [2.24, 2.45) is 5.73 Å². The van der Waals surface area contributed by atoms with Crippen molar-refractivity contribution in [3.63, 3.8) is 0 Å². The first-order valence-corrected chi connectivity index (χ1v) is 5.78. The molecule has 0 aliphatic rings. The number of rotatable bonds is 6. The van der Waals surface area contributed by atoms with Gasteiger partial charge in [0.25, 0.3) is 0 Å². The van der Waals surface area contributed by atoms with E-state index in [0.717, 1.165) is 18.4 Å². The molecule has 0 aliphatic carbocycles. The van der Waals surface area contributed by atoms with Crippen LogP contribution in [0, 0.1) is 5.82 Å². The van der Waals surface area contributed by atoms with Crippen LogP contribution in [0.3, 0.4) is 0 Å². The molecule has 18 heavy (non-hydrogen) atoms. The second kappa shape index (κ2) is 6.96. The van der Waals surface area contributed by atoms with Gasteiger partial charge in [-0.3, -0.25) is 0 Å². The maximum atomic E-state index is 13.8. The summed E-state index contributed by atoms with van der Waals surface area (Å²) in [6, 6.07) is 2.98. The Morgan fingerprint density at radius 3 is 2.61 bits per heavy atom. The second-order valence-electron chi connectivity index (χ2n) is 3.90. The van der Waals surface area contributed by atoms with Crippen LogP contribution in [0.1, 0.15) is 28.8 Å². The number of unbranched alkanes of at least 4 members (excludes halogenated alkanes) is 1. The van der Waals surface area contributed by atoms with Crippen LogP contribution in [0.25, 0.3) is 0 Å². The lowest BCUT2D eigenvalue weighted by Crippen LogP contribution is -2.07. The Kier molecular flexibility index (Phi) is 5.58. The number of ether oxygens (including phenoxy) is 2. The van der Waals surface area contributed by atoms with E-state index in [9.17, 15) is 9.18 Å². The van der Waals surface area contributed by atoms with Crippen LogP contribution >= 0.6 is 0 Å². The van der Waals surface area contributed by atoms with E-state index >= 15 is 0 Å². The molecule has 0 aromatic heterocycles. The number of benzene rings is 1. The Morgan fingerprint density at radius 2 is 2.06 bits per heavy atom. The van der Waals surface area contributed by atoms with Crippen molar-refractivity contribution in [3.05, 3.63) is 29.1 Å². The third kappa shape index (κ3) is 3.43. The average Bonchev–Trinajstić information content (AvgIpc) is 2.37. The van der Waals surface area contributed by atoms with Gasteiger partial charge >= 0.3 is 5.97 Å². The van der Waals surface area contributed by atoms with E-state index in [4.69, 9.17) is 10.5 Å². The van der Waals surface area contributed by atoms with E-state index in [1.807, 2.05) is 0 Å². The average molecular weight is 255 g/mol. The predicted octanol–water partition coefficient (Wildman–Crippen LogP) is 1.90. The summed E-state index contributed by atoms with van der Waals surface area (Å²) in [6.07, 6.45) is 2.38. The van der Waals surface area contributed by atoms with Gasteiger partial charge in [-0.1, -0.05) is 0 Å². The molecule has 0 unspecified atom stereocenters. The van der Waals surface area contributed by atoms with E-state index in [2.05, 4.69) is 4.74 Å². The largest absolute Gasteiger partial charge is 0.493 e. The Hall–Kier alpha value is -1.62. The first-order chi connectivity index (χ1) is 8.63. The zero-order chi connectivity index (χ0) is 13.5. The highest BCUT2D eigenvalue weighted by Gasteiger charge is 2.18. The number of aryl methyl sites for hydroxylation is 1. The number of hydrogen-bond acceptors (Lipinski definition) is 4. The molecule has 0 atom stereocenters. The van der Waals surface area contributed by atoms with Gasteiger partial charge in [0.2, 0.25) is 0 Å². The third-order valence-electron chi connectivity index (χ3n) is 2.63. The van der Waals surface area contributed by atoms with Crippen molar-refractivity contribution in [2.45, 2.75) is 19.3 Å². The van der Waals surface area contributed by atoms with Gasteiger partial charge in [0, 0.05) is 0 Å². The quantitative estimate of drug-likeness (QED) is 0.623. The molecule has 0 saturated carbocycles. The van der Waals surface area contributed by atoms with Crippen molar-refractivity contribution in [1.82, 2.24) is 0 Å². The highest BCUT2D eigenvalue weighted by molar-refractivity contribution is 5.92. The van der Waals surface area contributed by atoms with Gasteiger partial charge in [0.15, 0.2) is 11.6 Å². The Labute approximate surface area is 106 Å². The number of carbonyl (C=O) groups excluding carboxylic acids is 1. The summed E-state index contributed by atoms with van der Waals surface area (Å²) in [4.78, 5) is 11.5. The summed E-state index contributed by atoms with van der Waals surface area (Å²) in [7, 11) is 2.57. The van der Waals surface area contributed by atoms with E-state index < -0.39 is 11.8 Å². The summed E-state index contributed by atoms with van der Waals surface area (Å²) in [6.45, 7) is 0.600. The molecule has 4 nitrogen and oxygen atoms in total. The van der Waals surface area contributed by atoms with Crippen LogP contribution in [-0.4, -0.2) is 26.7 Å². The fourth-order valence-electron chi connectivity index (χ4n) is 1.74. The monoisotopic (exact) mass is 255 g/mol. The van der Waals surface area contributed by atoms with Crippen LogP contribution in [0.4, 0.5) is 4.39 Å². The van der Waals surface area contributed by atoms with Gasteiger partial charge in [-0.05, 0) is 43.5 Å². The molecule has 5 heteroatoms. The Balaban J connectivity index is 3.02. The number of halogens is 1. The minimum atomic E-state index is -0.605. The zero-order valence-electron chi connectivity index (χ0n) is 10.7. The lowest BCUT2D eigenvalue weighted by molar-refractivity contribution is 0.0596. The van der Waals surface area contributed by atoms with Crippen LogP contribution in [0.5, 0.6) is 5.75 Å². The van der Waals surface area contributed by atoms with Crippen LogP contribution in [0.15, 0.2) is 12.1 Å². The molecule has 0 spiro atoms. The zero-order valence-corrected chi connectivity index (χ0v) is 10.7. The summed E-state index contributed by atoms with van der Waals surface area (Å²) in [5.74, 6) is -1.24. The van der Waals surface area contributed by atoms with E-state index in [1.54, 1.807) is 6.07 Å². The standard InChI is InChI=1S/C13H18FNO3/c1-17-12-10(13(16)18-2)7-9(8-11(12)14)5-3-4-6-15/h7-8H,3-6,15H2,1-2H3. The second-order valence-corrected chi connectivity index (χ2v) is 3.90. The van der Waals surface area contributed by atoms with Crippen molar-refractivity contribution in [2.75, 3.05) is 20.8 Å². The lowest BCUT2D eigenvalue weighted by Gasteiger charge is -2.10. The highest BCUT2D eigenvalue weighted by atomic mass is 19.1. The molecule has 0 fully saturated rings. The van der Waals surface area contributed by atoms with Crippen molar-refractivity contribution >= 4 is 5.97 Å². The lowest BCUT2D eigenvalue weighted by atomic mass is 10.0. The SMILES string of the molecule is COC(=O)c1cc(CCCCN)cc(F)c1OC. The van der Waals surface area contributed by atoms with Gasteiger partial charge in [-0.2, -0.15) is 0 Å². The van der Waals surface area contributed by atoms with Gasteiger partial charge < -0.3 is 15.2 Å². The fourth-order valence-corrected chi connectivity index (χ4v) is 1.74. The molecule has 1 aromatic rings. The van der Waals surface area contributed by atoms with Gasteiger partial charge in [0.05, 0.1) is 14.2 Å². The van der Waals surface area contributed by atoms with E-state index in [-0.39, 0.29) is 11.3 Å². The van der Waals surface area contributed by atoms with Crippen molar-refractivity contribution < 1.29 is 18.7 Å². The van der Waals surface area contributed by atoms with Gasteiger partial charge in [-0.25, -0.2) is 9.18 Å².